The van der Waals surface area contributed by atoms with Crippen molar-refractivity contribution in [2.75, 3.05) is 0 Å². The molecule has 3 heteroatoms. The van der Waals surface area contributed by atoms with E-state index in [9.17, 15) is 4.39 Å². The topological polar surface area (TPSA) is 12.0 Å². The fourth-order valence-electron chi connectivity index (χ4n) is 1.85. The van der Waals surface area contributed by atoms with Crippen LogP contribution in [0.3, 0.4) is 0 Å². The Labute approximate surface area is 118 Å². The monoisotopic (exact) mass is 277 g/mol. The number of hydrogen-bond acceptors (Lipinski definition) is 2. The first-order valence-electron chi connectivity index (χ1n) is 6.49. The third-order valence-corrected chi connectivity index (χ3v) is 4.43. The fourth-order valence-corrected chi connectivity index (χ4v) is 2.89. The summed E-state index contributed by atoms with van der Waals surface area (Å²) in [6.45, 7) is 8.20. The summed E-state index contributed by atoms with van der Waals surface area (Å²) >= 11 is 1.84. The van der Waals surface area contributed by atoms with Gasteiger partial charge in [-0.25, -0.2) is 4.39 Å². The van der Waals surface area contributed by atoms with Crippen molar-refractivity contribution < 1.29 is 4.39 Å². The Balaban J connectivity index is 1.88. The lowest BCUT2D eigenvalue weighted by Gasteiger charge is -2.15. The molecule has 2 rings (SSSR count). The summed E-state index contributed by atoms with van der Waals surface area (Å²) in [4.78, 5) is 2.72. The summed E-state index contributed by atoms with van der Waals surface area (Å²) in [5, 5.41) is 3.35. The van der Waals surface area contributed by atoms with Crippen LogP contribution in [-0.2, 0) is 18.5 Å². The van der Waals surface area contributed by atoms with Crippen LogP contribution in [0.5, 0.6) is 0 Å². The summed E-state index contributed by atoms with van der Waals surface area (Å²) in [6, 6.07) is 11.1. The maximum atomic E-state index is 13.0. The van der Waals surface area contributed by atoms with Crippen molar-refractivity contribution in [1.82, 2.24) is 5.32 Å². The summed E-state index contributed by atoms with van der Waals surface area (Å²) in [6.07, 6.45) is 0. The lowest BCUT2D eigenvalue weighted by atomic mass is 9.95. The zero-order chi connectivity index (χ0) is 13.9. The summed E-state index contributed by atoms with van der Waals surface area (Å²) < 4.78 is 13.0. The van der Waals surface area contributed by atoms with Gasteiger partial charge in [0.1, 0.15) is 5.82 Å². The molecule has 0 radical (unpaired) electrons. The Hall–Kier alpha value is -1.19. The van der Waals surface area contributed by atoms with E-state index in [-0.39, 0.29) is 11.2 Å². The van der Waals surface area contributed by atoms with Crippen LogP contribution in [0.2, 0.25) is 0 Å². The maximum Gasteiger partial charge on any atom is 0.123 e. The van der Waals surface area contributed by atoms with Crippen LogP contribution in [0, 0.1) is 5.82 Å². The Bertz CT molecular complexity index is 540. The lowest BCUT2D eigenvalue weighted by molar-refractivity contribution is 0.604. The minimum Gasteiger partial charge on any atom is -0.308 e. The van der Waals surface area contributed by atoms with E-state index in [1.165, 1.54) is 15.8 Å². The minimum absolute atomic E-state index is 0.176. The molecular weight excluding hydrogens is 257 g/mol. The van der Waals surface area contributed by atoms with Gasteiger partial charge in [-0.15, -0.1) is 11.3 Å². The number of nitrogens with one attached hydrogen (secondary N) is 1. The molecule has 0 saturated carbocycles. The van der Waals surface area contributed by atoms with Crippen LogP contribution in [0.15, 0.2) is 36.4 Å². The highest BCUT2D eigenvalue weighted by Crippen LogP contribution is 2.29. The van der Waals surface area contributed by atoms with E-state index in [1.807, 2.05) is 17.4 Å². The molecule has 1 heterocycles. The summed E-state index contributed by atoms with van der Waals surface area (Å²) in [7, 11) is 0. The van der Waals surface area contributed by atoms with Gasteiger partial charge in [-0.05, 0) is 35.2 Å². The zero-order valence-electron chi connectivity index (χ0n) is 11.7. The van der Waals surface area contributed by atoms with Crippen LogP contribution in [0.1, 0.15) is 36.1 Å². The van der Waals surface area contributed by atoms with E-state index < -0.39 is 0 Å². The Morgan fingerprint density at radius 3 is 2.53 bits per heavy atom. The number of thiophene rings is 1. The predicted octanol–water partition coefficient (Wildman–Crippen LogP) is 4.47. The molecule has 0 bridgehead atoms. The molecule has 0 aliphatic heterocycles. The van der Waals surface area contributed by atoms with Gasteiger partial charge in [-0.1, -0.05) is 32.9 Å². The molecule has 0 fully saturated rings. The molecule has 1 aromatic carbocycles. The lowest BCUT2D eigenvalue weighted by Crippen LogP contribution is -2.12. The van der Waals surface area contributed by atoms with E-state index in [4.69, 9.17) is 0 Å². The minimum atomic E-state index is -0.176. The highest BCUT2D eigenvalue weighted by atomic mass is 32.1. The van der Waals surface area contributed by atoms with Crippen LogP contribution in [-0.4, -0.2) is 0 Å². The van der Waals surface area contributed by atoms with Crippen molar-refractivity contribution >= 4 is 11.3 Å². The van der Waals surface area contributed by atoms with Gasteiger partial charge in [0.05, 0.1) is 0 Å². The number of rotatable bonds is 4. The maximum absolute atomic E-state index is 13.0. The Morgan fingerprint density at radius 2 is 1.89 bits per heavy atom. The number of benzene rings is 1. The average Bonchev–Trinajstić information content (AvgIpc) is 2.77. The average molecular weight is 277 g/mol. The van der Waals surface area contributed by atoms with Gasteiger partial charge < -0.3 is 5.32 Å². The van der Waals surface area contributed by atoms with Crippen molar-refractivity contribution in [1.29, 1.82) is 0 Å². The summed E-state index contributed by atoms with van der Waals surface area (Å²) in [5.74, 6) is -0.176. The smallest absolute Gasteiger partial charge is 0.123 e. The normalized spacial score (nSPS) is 11.8. The van der Waals surface area contributed by atoms with Crippen LogP contribution in [0.25, 0.3) is 0 Å². The molecule has 0 atom stereocenters. The largest absolute Gasteiger partial charge is 0.308 e. The molecule has 0 aliphatic rings. The number of halogens is 1. The molecule has 0 saturated heterocycles. The predicted molar refractivity (Wildman–Crippen MR) is 80.0 cm³/mol. The summed E-state index contributed by atoms with van der Waals surface area (Å²) in [5.41, 5.74) is 1.19. The van der Waals surface area contributed by atoms with Crippen molar-refractivity contribution in [2.24, 2.45) is 0 Å². The first-order valence-corrected chi connectivity index (χ1v) is 7.31. The van der Waals surface area contributed by atoms with E-state index in [2.05, 4.69) is 38.2 Å². The van der Waals surface area contributed by atoms with Crippen molar-refractivity contribution in [3.05, 3.63) is 57.5 Å². The molecule has 19 heavy (non-hydrogen) atoms. The second-order valence-electron chi connectivity index (χ2n) is 5.75. The van der Waals surface area contributed by atoms with Gasteiger partial charge >= 0.3 is 0 Å². The third kappa shape index (κ3) is 4.15. The first-order chi connectivity index (χ1) is 8.95. The molecule has 1 N–H and O–H groups in total. The Morgan fingerprint density at radius 1 is 1.11 bits per heavy atom. The Kier molecular flexibility index (Phi) is 4.38. The van der Waals surface area contributed by atoms with E-state index in [0.29, 0.717) is 6.54 Å². The second-order valence-corrected chi connectivity index (χ2v) is 6.92. The van der Waals surface area contributed by atoms with Gasteiger partial charge in [0, 0.05) is 22.8 Å². The van der Waals surface area contributed by atoms with Crippen molar-refractivity contribution in [3.63, 3.8) is 0 Å². The fraction of sp³-hybridized carbons (Fsp3) is 0.375. The molecular formula is C16H20FNS. The molecule has 1 aromatic heterocycles. The van der Waals surface area contributed by atoms with Gasteiger partial charge in [-0.2, -0.15) is 0 Å². The van der Waals surface area contributed by atoms with E-state index >= 15 is 0 Å². The molecule has 0 spiro atoms. The molecule has 0 unspecified atom stereocenters. The van der Waals surface area contributed by atoms with Crippen molar-refractivity contribution in [2.45, 2.75) is 39.3 Å². The standard InChI is InChI=1S/C16H20FNS/c1-16(2,3)15-8-7-14(19-15)11-18-10-12-5-4-6-13(17)9-12/h4-9,18H,10-11H2,1-3H3. The number of hydrogen-bond donors (Lipinski definition) is 1. The second kappa shape index (κ2) is 5.85. The first kappa shape index (κ1) is 14.2. The van der Waals surface area contributed by atoms with Gasteiger partial charge in [0.2, 0.25) is 0 Å². The van der Waals surface area contributed by atoms with Gasteiger partial charge in [0.15, 0.2) is 0 Å². The van der Waals surface area contributed by atoms with Crippen molar-refractivity contribution in [3.8, 4) is 0 Å². The zero-order valence-corrected chi connectivity index (χ0v) is 12.5. The molecule has 0 amide bonds. The van der Waals surface area contributed by atoms with Gasteiger partial charge in [-0.3, -0.25) is 0 Å². The molecule has 2 aromatic rings. The molecule has 1 nitrogen and oxygen atoms in total. The van der Waals surface area contributed by atoms with E-state index in [1.54, 1.807) is 12.1 Å². The molecule has 102 valence electrons. The van der Waals surface area contributed by atoms with Crippen LogP contribution >= 0.6 is 11.3 Å². The SMILES string of the molecule is CC(C)(C)c1ccc(CNCc2cccc(F)c2)s1. The molecule has 0 aliphatic carbocycles. The highest BCUT2D eigenvalue weighted by molar-refractivity contribution is 7.12. The van der Waals surface area contributed by atoms with Crippen LogP contribution < -0.4 is 5.32 Å². The van der Waals surface area contributed by atoms with Gasteiger partial charge in [0.25, 0.3) is 0 Å². The van der Waals surface area contributed by atoms with E-state index in [0.717, 1.165) is 12.1 Å². The highest BCUT2D eigenvalue weighted by Gasteiger charge is 2.15. The third-order valence-electron chi connectivity index (χ3n) is 2.92. The quantitative estimate of drug-likeness (QED) is 0.869. The van der Waals surface area contributed by atoms with Crippen LogP contribution in [0.4, 0.5) is 4.39 Å².